The van der Waals surface area contributed by atoms with Gasteiger partial charge in [0.25, 0.3) is 0 Å². The van der Waals surface area contributed by atoms with E-state index in [1.165, 1.54) is 4.68 Å². The molecule has 3 N–H and O–H groups in total. The highest BCUT2D eigenvalue weighted by atomic mass is 35.5. The molecule has 1 aromatic heterocycles. The lowest BCUT2D eigenvalue weighted by Gasteiger charge is -2.03. The van der Waals surface area contributed by atoms with Crippen LogP contribution in [0.1, 0.15) is 0 Å². The van der Waals surface area contributed by atoms with Gasteiger partial charge in [0.2, 0.25) is 0 Å². The summed E-state index contributed by atoms with van der Waals surface area (Å²) in [7, 11) is 3.39. The van der Waals surface area contributed by atoms with E-state index in [1.807, 2.05) is 0 Å². The first kappa shape index (κ1) is 8.86. The summed E-state index contributed by atoms with van der Waals surface area (Å²) in [5.74, 6) is 0.185. The maximum absolute atomic E-state index is 7.26. The summed E-state index contributed by atoms with van der Waals surface area (Å²) < 4.78 is 1.52. The Balaban J connectivity index is 2.76. The van der Waals surface area contributed by atoms with Crippen molar-refractivity contribution in [3.8, 4) is 0 Å². The molecule has 1 heterocycles. The van der Waals surface area contributed by atoms with Crippen LogP contribution in [0.3, 0.4) is 0 Å². The van der Waals surface area contributed by atoms with Crippen LogP contribution < -0.4 is 10.6 Å². The molecule has 0 aliphatic carbocycles. The van der Waals surface area contributed by atoms with E-state index in [0.29, 0.717) is 10.8 Å². The number of anilines is 1. The van der Waals surface area contributed by atoms with Crippen LogP contribution in [0.25, 0.3) is 0 Å². The summed E-state index contributed by atoms with van der Waals surface area (Å²) in [5.41, 5.74) is 0.624. The van der Waals surface area contributed by atoms with E-state index in [-0.39, 0.29) is 5.96 Å². The van der Waals surface area contributed by atoms with Gasteiger partial charge >= 0.3 is 0 Å². The smallest absolute Gasteiger partial charge is 0.192 e. The molecule has 66 valence electrons. The van der Waals surface area contributed by atoms with Gasteiger partial charge in [-0.1, -0.05) is 11.6 Å². The van der Waals surface area contributed by atoms with Gasteiger partial charge in [-0.25, -0.2) is 0 Å². The van der Waals surface area contributed by atoms with Crippen molar-refractivity contribution >= 4 is 23.2 Å². The van der Waals surface area contributed by atoms with Gasteiger partial charge in [-0.2, -0.15) is 5.10 Å². The van der Waals surface area contributed by atoms with E-state index in [9.17, 15) is 0 Å². The van der Waals surface area contributed by atoms with Gasteiger partial charge in [0, 0.05) is 14.1 Å². The molecule has 5 nitrogen and oxygen atoms in total. The second-order valence-electron chi connectivity index (χ2n) is 2.22. The lowest BCUT2D eigenvalue weighted by Crippen LogP contribution is -2.25. The molecule has 0 saturated carbocycles. The van der Waals surface area contributed by atoms with Gasteiger partial charge in [-0.05, 0) is 0 Å². The summed E-state index contributed by atoms with van der Waals surface area (Å²) >= 11 is 5.82. The fourth-order valence-corrected chi connectivity index (χ4v) is 0.843. The molecule has 0 bridgehead atoms. The van der Waals surface area contributed by atoms with E-state index in [2.05, 4.69) is 15.7 Å². The van der Waals surface area contributed by atoms with Gasteiger partial charge in [0.15, 0.2) is 5.96 Å². The number of hydrogen-bond donors (Lipinski definition) is 3. The normalized spacial score (nSPS) is 9.58. The first-order valence-electron chi connectivity index (χ1n) is 3.36. The molecule has 1 rings (SSSR count). The quantitative estimate of drug-likeness (QED) is 0.447. The Morgan fingerprint density at radius 2 is 2.42 bits per heavy atom. The highest BCUT2D eigenvalue weighted by Gasteiger charge is 2.05. The van der Waals surface area contributed by atoms with Crippen LogP contribution in [-0.2, 0) is 7.05 Å². The molecule has 0 aliphatic rings. The van der Waals surface area contributed by atoms with E-state index in [1.54, 1.807) is 20.3 Å². The standard InChI is InChI=1S/C6H10ClN5/c1-9-6(8)11-4-3-10-12(2)5(4)7/h3H,1-2H3,(H3,8,9,11). The minimum Gasteiger partial charge on any atom is -0.359 e. The number of aromatic nitrogens is 2. The molecular formula is C6H10ClN5. The summed E-state index contributed by atoms with van der Waals surface area (Å²) in [6.45, 7) is 0. The van der Waals surface area contributed by atoms with Gasteiger partial charge in [-0.3, -0.25) is 10.1 Å². The molecule has 0 amide bonds. The number of guanidine groups is 1. The highest BCUT2D eigenvalue weighted by molar-refractivity contribution is 6.32. The van der Waals surface area contributed by atoms with E-state index >= 15 is 0 Å². The third kappa shape index (κ3) is 1.68. The van der Waals surface area contributed by atoms with Crippen LogP contribution >= 0.6 is 11.6 Å². The Kier molecular flexibility index (Phi) is 2.54. The minimum atomic E-state index is 0.185. The first-order chi connectivity index (χ1) is 5.65. The molecule has 0 fully saturated rings. The van der Waals surface area contributed by atoms with Crippen molar-refractivity contribution in [2.75, 3.05) is 12.4 Å². The first-order valence-corrected chi connectivity index (χ1v) is 3.73. The van der Waals surface area contributed by atoms with Crippen LogP contribution in [0.2, 0.25) is 5.15 Å². The molecule has 0 spiro atoms. The molecule has 0 radical (unpaired) electrons. The highest BCUT2D eigenvalue weighted by Crippen LogP contribution is 2.18. The number of rotatable bonds is 1. The largest absolute Gasteiger partial charge is 0.359 e. The van der Waals surface area contributed by atoms with Crippen LogP contribution in [0.15, 0.2) is 6.20 Å². The SMILES string of the molecule is CNC(=N)Nc1cnn(C)c1Cl. The number of nitrogens with zero attached hydrogens (tertiary/aromatic N) is 2. The molecule has 0 aromatic carbocycles. The number of aryl methyl sites for hydroxylation is 1. The van der Waals surface area contributed by atoms with Crippen LogP contribution in [0.4, 0.5) is 5.69 Å². The summed E-state index contributed by atoms with van der Waals surface area (Å²) in [4.78, 5) is 0. The van der Waals surface area contributed by atoms with Crippen molar-refractivity contribution < 1.29 is 0 Å². The Labute approximate surface area is 75.2 Å². The molecule has 0 aliphatic heterocycles. The van der Waals surface area contributed by atoms with Gasteiger partial charge in [0.1, 0.15) is 5.15 Å². The lowest BCUT2D eigenvalue weighted by molar-refractivity contribution is 0.769. The zero-order chi connectivity index (χ0) is 9.14. The van der Waals surface area contributed by atoms with Crippen molar-refractivity contribution in [1.82, 2.24) is 15.1 Å². The van der Waals surface area contributed by atoms with Gasteiger partial charge in [0.05, 0.1) is 11.9 Å². The summed E-state index contributed by atoms with van der Waals surface area (Å²) in [6.07, 6.45) is 1.56. The van der Waals surface area contributed by atoms with Gasteiger partial charge < -0.3 is 10.6 Å². The van der Waals surface area contributed by atoms with Crippen molar-refractivity contribution in [1.29, 1.82) is 5.41 Å². The predicted molar refractivity (Wildman–Crippen MR) is 48.6 cm³/mol. The molecule has 1 aromatic rings. The summed E-state index contributed by atoms with van der Waals surface area (Å²) in [6, 6.07) is 0. The number of hydrogen-bond acceptors (Lipinski definition) is 2. The fourth-order valence-electron chi connectivity index (χ4n) is 0.704. The molecule has 0 saturated heterocycles. The van der Waals surface area contributed by atoms with Gasteiger partial charge in [-0.15, -0.1) is 0 Å². The van der Waals surface area contributed by atoms with Crippen molar-refractivity contribution in [2.45, 2.75) is 0 Å². The molecule has 6 heteroatoms. The van der Waals surface area contributed by atoms with E-state index < -0.39 is 0 Å². The number of halogens is 1. The molecule has 0 atom stereocenters. The number of nitrogens with one attached hydrogen (secondary N) is 3. The second-order valence-corrected chi connectivity index (χ2v) is 2.58. The Hall–Kier alpha value is -1.23. The van der Waals surface area contributed by atoms with E-state index in [0.717, 1.165) is 0 Å². The Morgan fingerprint density at radius 1 is 1.75 bits per heavy atom. The van der Waals surface area contributed by atoms with E-state index in [4.69, 9.17) is 17.0 Å². The topological polar surface area (TPSA) is 65.7 Å². The Bertz CT molecular complexity index is 292. The Morgan fingerprint density at radius 3 is 2.83 bits per heavy atom. The molecule has 0 unspecified atom stereocenters. The van der Waals surface area contributed by atoms with Crippen molar-refractivity contribution in [3.05, 3.63) is 11.3 Å². The maximum atomic E-state index is 7.26. The third-order valence-corrected chi connectivity index (χ3v) is 1.82. The van der Waals surface area contributed by atoms with Crippen LogP contribution in [0, 0.1) is 5.41 Å². The third-order valence-electron chi connectivity index (χ3n) is 1.38. The monoisotopic (exact) mass is 187 g/mol. The van der Waals surface area contributed by atoms with Crippen molar-refractivity contribution in [2.24, 2.45) is 7.05 Å². The summed E-state index contributed by atoms with van der Waals surface area (Å²) in [5, 5.41) is 17.0. The average molecular weight is 188 g/mol. The lowest BCUT2D eigenvalue weighted by atomic mass is 10.5. The molecule has 12 heavy (non-hydrogen) atoms. The van der Waals surface area contributed by atoms with Crippen LogP contribution in [-0.4, -0.2) is 22.8 Å². The zero-order valence-corrected chi connectivity index (χ0v) is 7.61. The maximum Gasteiger partial charge on any atom is 0.192 e. The fraction of sp³-hybridized carbons (Fsp3) is 0.333. The van der Waals surface area contributed by atoms with Crippen molar-refractivity contribution in [3.63, 3.8) is 0 Å². The van der Waals surface area contributed by atoms with Crippen LogP contribution in [0.5, 0.6) is 0 Å². The zero-order valence-electron chi connectivity index (χ0n) is 6.85. The second kappa shape index (κ2) is 3.44. The average Bonchev–Trinajstić information content (AvgIpc) is 2.36. The predicted octanol–water partition coefficient (Wildman–Crippen LogP) is 0.640. The minimum absolute atomic E-state index is 0.185. The molecular weight excluding hydrogens is 178 g/mol.